The molecular weight excluding hydrogens is 338 g/mol. The molecule has 2 aromatic heterocycles. The highest BCUT2D eigenvalue weighted by molar-refractivity contribution is 5.78. The average Bonchev–Trinajstić information content (AvgIpc) is 3.25. The first-order valence-corrected chi connectivity index (χ1v) is 9.53. The van der Waals surface area contributed by atoms with Crippen molar-refractivity contribution in [3.8, 4) is 23.1 Å². The van der Waals surface area contributed by atoms with Crippen LogP contribution in [0.25, 0.3) is 16.9 Å². The zero-order valence-electron chi connectivity index (χ0n) is 16.0. The van der Waals surface area contributed by atoms with Gasteiger partial charge in [0, 0.05) is 17.8 Å². The number of hydrogen-bond donors (Lipinski definition) is 2. The van der Waals surface area contributed by atoms with Gasteiger partial charge in [-0.3, -0.25) is 5.10 Å². The summed E-state index contributed by atoms with van der Waals surface area (Å²) in [4.78, 5) is 4.79. The molecule has 1 aromatic carbocycles. The lowest BCUT2D eigenvalue weighted by molar-refractivity contribution is 0.252. The number of benzene rings is 1. The van der Waals surface area contributed by atoms with Gasteiger partial charge in [0.15, 0.2) is 11.5 Å². The number of aromatic nitrogens is 3. The number of methoxy groups -OCH3 is 1. The molecule has 3 atom stereocenters. The van der Waals surface area contributed by atoms with E-state index in [1.807, 2.05) is 28.8 Å². The molecule has 0 radical (unpaired) electrons. The summed E-state index contributed by atoms with van der Waals surface area (Å²) >= 11 is 0. The topological polar surface area (TPSA) is 78.1 Å². The Bertz CT molecular complexity index is 996. The monoisotopic (exact) mass is 363 g/mol. The Morgan fingerprint density at radius 2 is 2.19 bits per heavy atom. The number of anilines is 1. The molecule has 4 rings (SSSR count). The van der Waals surface area contributed by atoms with Gasteiger partial charge in [0.05, 0.1) is 7.11 Å². The van der Waals surface area contributed by atoms with Crippen molar-refractivity contribution in [1.29, 1.82) is 5.26 Å². The summed E-state index contributed by atoms with van der Waals surface area (Å²) in [6, 6.07) is 10.5. The Morgan fingerprint density at radius 3 is 2.96 bits per heavy atom. The Hall–Kier alpha value is -2.94. The lowest BCUT2D eigenvalue weighted by atomic mass is 9.78. The number of fused-ring (bicyclic) bond motifs is 1. The Balaban J connectivity index is 1.82. The normalized spacial score (nSPS) is 22.5. The van der Waals surface area contributed by atoms with E-state index in [4.69, 9.17) is 9.72 Å². The molecule has 0 aliphatic heterocycles. The van der Waals surface area contributed by atoms with E-state index >= 15 is 0 Å². The van der Waals surface area contributed by atoms with Crippen molar-refractivity contribution in [3.05, 3.63) is 36.0 Å². The molecule has 2 N–H and O–H groups in total. The van der Waals surface area contributed by atoms with Gasteiger partial charge >= 0.3 is 0 Å². The summed E-state index contributed by atoms with van der Waals surface area (Å²) in [5, 5.41) is 16.3. The van der Waals surface area contributed by atoms with Gasteiger partial charge in [-0.1, -0.05) is 38.8 Å². The van der Waals surface area contributed by atoms with Gasteiger partial charge in [0.2, 0.25) is 0 Å². The second kappa shape index (κ2) is 6.99. The minimum atomic E-state index is 0.381. The van der Waals surface area contributed by atoms with E-state index in [-0.39, 0.29) is 0 Å². The van der Waals surface area contributed by atoms with Crippen molar-refractivity contribution >= 4 is 11.5 Å². The molecule has 1 fully saturated rings. The first kappa shape index (κ1) is 17.5. The third-order valence-electron chi connectivity index (χ3n) is 5.95. The predicted molar refractivity (Wildman–Crippen MR) is 106 cm³/mol. The molecule has 6 heteroatoms. The van der Waals surface area contributed by atoms with Crippen molar-refractivity contribution in [1.82, 2.24) is 14.6 Å². The first-order valence-electron chi connectivity index (χ1n) is 9.53. The predicted octanol–water partition coefficient (Wildman–Crippen LogP) is 4.45. The number of hydrogen-bond acceptors (Lipinski definition) is 4. The molecule has 0 saturated heterocycles. The fraction of sp³-hybridized carbons (Fsp3) is 0.429. The maximum Gasteiger partial charge on any atom is 0.173 e. The summed E-state index contributed by atoms with van der Waals surface area (Å²) in [5.74, 6) is 2.96. The molecule has 0 spiro atoms. The lowest BCUT2D eigenvalue weighted by Gasteiger charge is -2.35. The van der Waals surface area contributed by atoms with Gasteiger partial charge in [-0.15, -0.1) is 0 Å². The molecule has 1 aliphatic carbocycles. The van der Waals surface area contributed by atoms with Gasteiger partial charge in [-0.2, -0.15) is 5.26 Å². The van der Waals surface area contributed by atoms with Crippen LogP contribution < -0.4 is 10.1 Å². The van der Waals surface area contributed by atoms with Crippen molar-refractivity contribution in [2.45, 2.75) is 39.2 Å². The second-order valence-electron chi connectivity index (χ2n) is 7.52. The standard InChI is InChI=1S/C21H25N5O/c1-13-6-4-9-18(14(13)2)24-21-19(15-7-5-8-17(10-15)27-3)25-20-16(11-22)12-23-26(20)21/h5,7-8,10,12-14,18,23-24H,4,6,9H2,1-3H3/t13-,14+,18-/m1/s1. The summed E-state index contributed by atoms with van der Waals surface area (Å²) < 4.78 is 7.27. The molecule has 0 amide bonds. The van der Waals surface area contributed by atoms with Crippen LogP contribution in [0.15, 0.2) is 30.5 Å². The third-order valence-corrected chi connectivity index (χ3v) is 5.95. The fourth-order valence-corrected chi connectivity index (χ4v) is 4.07. The maximum absolute atomic E-state index is 9.41. The number of nitriles is 1. The number of H-pyrrole nitrogens is 1. The van der Waals surface area contributed by atoms with Crippen LogP contribution in [-0.2, 0) is 0 Å². The van der Waals surface area contributed by atoms with Crippen LogP contribution in [-0.4, -0.2) is 27.7 Å². The van der Waals surface area contributed by atoms with Gasteiger partial charge in [-0.05, 0) is 30.4 Å². The Morgan fingerprint density at radius 1 is 1.33 bits per heavy atom. The van der Waals surface area contributed by atoms with E-state index in [2.05, 4.69) is 30.3 Å². The van der Waals surface area contributed by atoms with E-state index in [1.165, 1.54) is 12.8 Å². The minimum Gasteiger partial charge on any atom is -0.497 e. The highest BCUT2D eigenvalue weighted by atomic mass is 16.5. The number of imidazole rings is 1. The van der Waals surface area contributed by atoms with Crippen molar-refractivity contribution in [3.63, 3.8) is 0 Å². The maximum atomic E-state index is 9.41. The molecule has 6 nitrogen and oxygen atoms in total. The Labute approximate surface area is 159 Å². The fourth-order valence-electron chi connectivity index (χ4n) is 4.07. The number of ether oxygens (including phenoxy) is 1. The molecule has 27 heavy (non-hydrogen) atoms. The van der Waals surface area contributed by atoms with E-state index in [1.54, 1.807) is 13.3 Å². The average molecular weight is 363 g/mol. The first-order chi connectivity index (χ1) is 13.1. The SMILES string of the molecule is COc1cccc(-c2nc3c(C#N)c[nH]n3c2N[C@@H]2CCC[C@@H](C)[C@@H]2C)c1. The molecule has 1 saturated carbocycles. The largest absolute Gasteiger partial charge is 0.497 e. The molecule has 0 unspecified atom stereocenters. The van der Waals surface area contributed by atoms with E-state index in [0.29, 0.717) is 29.1 Å². The van der Waals surface area contributed by atoms with Crippen LogP contribution in [0, 0.1) is 23.2 Å². The molecule has 2 heterocycles. The molecule has 0 bridgehead atoms. The molecule has 3 aromatic rings. The van der Waals surface area contributed by atoms with Crippen LogP contribution in [0.1, 0.15) is 38.7 Å². The van der Waals surface area contributed by atoms with Crippen molar-refractivity contribution in [2.75, 3.05) is 12.4 Å². The summed E-state index contributed by atoms with van der Waals surface area (Å²) in [7, 11) is 1.66. The van der Waals surface area contributed by atoms with Crippen LogP contribution in [0.5, 0.6) is 5.75 Å². The molecule has 1 aliphatic rings. The Kier molecular flexibility index (Phi) is 4.53. The third kappa shape index (κ3) is 3.03. The summed E-state index contributed by atoms with van der Waals surface area (Å²) in [6.07, 6.45) is 5.36. The number of rotatable bonds is 4. The number of nitrogens with zero attached hydrogens (tertiary/aromatic N) is 3. The van der Waals surface area contributed by atoms with E-state index in [0.717, 1.165) is 29.2 Å². The smallest absolute Gasteiger partial charge is 0.173 e. The van der Waals surface area contributed by atoms with E-state index in [9.17, 15) is 5.26 Å². The van der Waals surface area contributed by atoms with Crippen molar-refractivity contribution < 1.29 is 4.74 Å². The van der Waals surface area contributed by atoms with Crippen LogP contribution in [0.2, 0.25) is 0 Å². The minimum absolute atomic E-state index is 0.381. The highest BCUT2D eigenvalue weighted by Gasteiger charge is 2.29. The highest BCUT2D eigenvalue weighted by Crippen LogP contribution is 2.36. The molecular formula is C21H25N5O. The zero-order chi connectivity index (χ0) is 19.0. The second-order valence-corrected chi connectivity index (χ2v) is 7.52. The number of aromatic amines is 1. The quantitative estimate of drug-likeness (QED) is 0.718. The van der Waals surface area contributed by atoms with Gasteiger partial charge in [0.25, 0.3) is 0 Å². The van der Waals surface area contributed by atoms with Crippen LogP contribution in [0.3, 0.4) is 0 Å². The summed E-state index contributed by atoms with van der Waals surface area (Å²) in [6.45, 7) is 4.65. The van der Waals surface area contributed by atoms with Crippen molar-refractivity contribution in [2.24, 2.45) is 11.8 Å². The van der Waals surface area contributed by atoms with Crippen LogP contribution >= 0.6 is 0 Å². The lowest BCUT2D eigenvalue weighted by Crippen LogP contribution is -2.35. The van der Waals surface area contributed by atoms with Gasteiger partial charge < -0.3 is 10.1 Å². The van der Waals surface area contributed by atoms with Crippen LogP contribution in [0.4, 0.5) is 5.82 Å². The zero-order valence-corrected chi connectivity index (χ0v) is 16.0. The molecule has 140 valence electrons. The van der Waals surface area contributed by atoms with Gasteiger partial charge in [0.1, 0.15) is 23.1 Å². The van der Waals surface area contributed by atoms with Gasteiger partial charge in [-0.25, -0.2) is 9.50 Å². The summed E-state index contributed by atoms with van der Waals surface area (Å²) in [5.41, 5.74) is 2.99. The number of nitrogens with one attached hydrogen (secondary N) is 2. The van der Waals surface area contributed by atoms with E-state index < -0.39 is 0 Å².